The van der Waals surface area contributed by atoms with Crippen molar-refractivity contribution in [3.63, 3.8) is 0 Å². The predicted octanol–water partition coefficient (Wildman–Crippen LogP) is 1.67. The molecule has 0 saturated carbocycles. The second-order valence-electron chi connectivity index (χ2n) is 6.47. The van der Waals surface area contributed by atoms with Gasteiger partial charge in [0.2, 0.25) is 0 Å². The number of hydrogen-bond donors (Lipinski definition) is 2. The van der Waals surface area contributed by atoms with Gasteiger partial charge in [0.05, 0.1) is 19.9 Å². The number of halogens is 2. The van der Waals surface area contributed by atoms with E-state index in [9.17, 15) is 4.79 Å². The average molecular weight is 534 g/mol. The van der Waals surface area contributed by atoms with E-state index in [0.29, 0.717) is 18.2 Å². The summed E-state index contributed by atoms with van der Waals surface area (Å²) in [6, 6.07) is 8.17. The van der Waals surface area contributed by atoms with Crippen LogP contribution in [0.2, 0.25) is 5.02 Å². The number of guanidine groups is 1. The second kappa shape index (κ2) is 11.2. The highest BCUT2D eigenvalue weighted by Gasteiger charge is 2.23. The smallest absolute Gasteiger partial charge is 0.327 e. The van der Waals surface area contributed by atoms with Crippen LogP contribution in [0.3, 0.4) is 0 Å². The lowest BCUT2D eigenvalue weighted by Crippen LogP contribution is -2.44. The maximum Gasteiger partial charge on any atom is 0.327 e. The molecule has 0 amide bonds. The van der Waals surface area contributed by atoms with E-state index in [-0.39, 0.29) is 42.5 Å². The molecule has 0 radical (unpaired) electrons. The van der Waals surface area contributed by atoms with Crippen LogP contribution in [0.25, 0.3) is 0 Å². The average Bonchev–Trinajstić information content (AvgIpc) is 3.34. The van der Waals surface area contributed by atoms with Gasteiger partial charge in [-0.2, -0.15) is 0 Å². The van der Waals surface area contributed by atoms with Gasteiger partial charge in [-0.1, -0.05) is 22.9 Å². The Morgan fingerprint density at radius 3 is 3.00 bits per heavy atom. The number of benzene rings is 1. The zero-order valence-electron chi connectivity index (χ0n) is 16.3. The molecular formula is C18H25ClIN7O2. The summed E-state index contributed by atoms with van der Waals surface area (Å²) in [5, 5.41) is 15.4. The van der Waals surface area contributed by atoms with Crippen LogP contribution in [0, 0.1) is 0 Å². The van der Waals surface area contributed by atoms with Crippen LogP contribution in [0.15, 0.2) is 35.5 Å². The summed E-state index contributed by atoms with van der Waals surface area (Å²) >= 11 is 6.09. The quantitative estimate of drug-likeness (QED) is 0.252. The van der Waals surface area contributed by atoms with E-state index in [0.717, 1.165) is 30.2 Å². The zero-order chi connectivity index (χ0) is 19.9. The van der Waals surface area contributed by atoms with Gasteiger partial charge in [-0.3, -0.25) is 9.79 Å². The zero-order valence-corrected chi connectivity index (χ0v) is 19.4. The number of nitrogens with zero attached hydrogens (tertiary/aromatic N) is 5. The minimum Gasteiger partial charge on any atom is -0.468 e. The van der Waals surface area contributed by atoms with Crippen molar-refractivity contribution in [2.75, 3.05) is 32.1 Å². The van der Waals surface area contributed by atoms with Crippen LogP contribution in [-0.4, -0.2) is 60.2 Å². The highest BCUT2D eigenvalue weighted by molar-refractivity contribution is 14.0. The van der Waals surface area contributed by atoms with Crippen molar-refractivity contribution in [2.24, 2.45) is 4.99 Å². The largest absolute Gasteiger partial charge is 0.468 e. The lowest BCUT2D eigenvalue weighted by molar-refractivity contribution is -0.141. The molecule has 1 saturated heterocycles. The first-order valence-electron chi connectivity index (χ1n) is 9.01. The molecule has 158 valence electrons. The summed E-state index contributed by atoms with van der Waals surface area (Å²) in [5.41, 5.74) is 1.83. The molecule has 1 aliphatic rings. The third kappa shape index (κ3) is 6.74. The van der Waals surface area contributed by atoms with Gasteiger partial charge >= 0.3 is 5.97 Å². The first kappa shape index (κ1) is 23.2. The standard InChI is InChI=1S/C18H24ClN7O2.HI/c1-20-18(21-9-15-11-26(24-23-15)12-17(27)28-2)22-14-6-7-25(10-14)16-5-3-4-13(19)8-16;/h3-5,8,11,14H,6-7,9-10,12H2,1-2H3,(H2,20,21,22);1H. The molecule has 1 aromatic carbocycles. The summed E-state index contributed by atoms with van der Waals surface area (Å²) in [7, 11) is 3.07. The maximum atomic E-state index is 11.3. The SMILES string of the molecule is CN=C(NCc1cn(CC(=O)OC)nn1)NC1CCN(c2cccc(Cl)c2)C1.I. The number of aliphatic imine (C=N–C) groups is 1. The van der Waals surface area contributed by atoms with E-state index in [1.807, 2.05) is 18.2 Å². The molecule has 2 aromatic rings. The Kier molecular flexibility index (Phi) is 8.96. The minimum absolute atomic E-state index is 0. The van der Waals surface area contributed by atoms with Gasteiger partial charge in [-0.05, 0) is 24.6 Å². The van der Waals surface area contributed by atoms with Gasteiger partial charge in [-0.15, -0.1) is 29.1 Å². The number of hydrogen-bond acceptors (Lipinski definition) is 6. The lowest BCUT2D eigenvalue weighted by atomic mass is 10.2. The molecule has 2 heterocycles. The molecule has 0 spiro atoms. The summed E-state index contributed by atoms with van der Waals surface area (Å²) in [4.78, 5) is 17.9. The number of esters is 1. The Balaban J connectivity index is 0.00000300. The van der Waals surface area contributed by atoms with E-state index >= 15 is 0 Å². The Morgan fingerprint density at radius 1 is 1.45 bits per heavy atom. The molecule has 1 unspecified atom stereocenters. The first-order valence-corrected chi connectivity index (χ1v) is 9.38. The molecule has 11 heteroatoms. The second-order valence-corrected chi connectivity index (χ2v) is 6.90. The minimum atomic E-state index is -0.368. The fraction of sp³-hybridized carbons (Fsp3) is 0.444. The van der Waals surface area contributed by atoms with E-state index in [4.69, 9.17) is 11.6 Å². The van der Waals surface area contributed by atoms with Gasteiger partial charge in [0.25, 0.3) is 0 Å². The van der Waals surface area contributed by atoms with E-state index in [2.05, 4.69) is 41.6 Å². The van der Waals surface area contributed by atoms with Gasteiger partial charge in [0.1, 0.15) is 12.2 Å². The fourth-order valence-electron chi connectivity index (χ4n) is 3.04. The summed E-state index contributed by atoms with van der Waals surface area (Å²) in [5.74, 6) is 0.327. The number of rotatable bonds is 6. The summed E-state index contributed by atoms with van der Waals surface area (Å²) < 4.78 is 6.06. The number of nitrogens with one attached hydrogen (secondary N) is 2. The fourth-order valence-corrected chi connectivity index (χ4v) is 3.23. The van der Waals surface area contributed by atoms with Crippen molar-refractivity contribution in [1.29, 1.82) is 0 Å². The molecule has 29 heavy (non-hydrogen) atoms. The normalized spacial score (nSPS) is 16.3. The summed E-state index contributed by atoms with van der Waals surface area (Å²) in [6.45, 7) is 2.32. The monoisotopic (exact) mass is 533 g/mol. The molecule has 3 rings (SSSR count). The Hall–Kier alpha value is -2.08. The number of methoxy groups -OCH3 is 1. The molecule has 0 bridgehead atoms. The number of aromatic nitrogens is 3. The van der Waals surface area contributed by atoms with Crippen LogP contribution >= 0.6 is 35.6 Å². The van der Waals surface area contributed by atoms with E-state index in [1.54, 1.807) is 13.2 Å². The molecule has 1 aromatic heterocycles. The topological polar surface area (TPSA) is 96.7 Å². The highest BCUT2D eigenvalue weighted by Crippen LogP contribution is 2.23. The number of carbonyl (C=O) groups excluding carboxylic acids is 1. The Bertz CT molecular complexity index is 845. The third-order valence-electron chi connectivity index (χ3n) is 4.47. The van der Waals surface area contributed by atoms with Crippen molar-refractivity contribution < 1.29 is 9.53 Å². The van der Waals surface area contributed by atoms with E-state index in [1.165, 1.54) is 11.8 Å². The van der Waals surface area contributed by atoms with Gasteiger partial charge < -0.3 is 20.3 Å². The lowest BCUT2D eigenvalue weighted by Gasteiger charge is -2.20. The molecule has 0 aliphatic carbocycles. The maximum absolute atomic E-state index is 11.3. The van der Waals surface area contributed by atoms with Crippen molar-refractivity contribution in [1.82, 2.24) is 25.6 Å². The first-order chi connectivity index (χ1) is 13.6. The van der Waals surface area contributed by atoms with Crippen LogP contribution in [0.4, 0.5) is 5.69 Å². The number of ether oxygens (including phenoxy) is 1. The highest BCUT2D eigenvalue weighted by atomic mass is 127. The van der Waals surface area contributed by atoms with Crippen molar-refractivity contribution in [3.05, 3.63) is 41.2 Å². The van der Waals surface area contributed by atoms with Gasteiger partial charge in [0.15, 0.2) is 5.96 Å². The van der Waals surface area contributed by atoms with Crippen LogP contribution < -0.4 is 15.5 Å². The molecule has 1 atom stereocenters. The van der Waals surface area contributed by atoms with Crippen molar-refractivity contribution >= 4 is 53.2 Å². The van der Waals surface area contributed by atoms with Crippen molar-refractivity contribution in [2.45, 2.75) is 25.6 Å². The molecular weight excluding hydrogens is 509 g/mol. The van der Waals surface area contributed by atoms with Gasteiger partial charge in [0, 0.05) is 36.9 Å². The third-order valence-corrected chi connectivity index (χ3v) is 4.70. The van der Waals surface area contributed by atoms with Gasteiger partial charge in [-0.25, -0.2) is 4.68 Å². The van der Waals surface area contributed by atoms with Crippen LogP contribution in [-0.2, 0) is 22.6 Å². The number of carbonyl (C=O) groups is 1. The Labute approximate surface area is 191 Å². The molecule has 1 fully saturated rings. The Morgan fingerprint density at radius 2 is 2.28 bits per heavy atom. The molecule has 1 aliphatic heterocycles. The predicted molar refractivity (Wildman–Crippen MR) is 123 cm³/mol. The van der Waals surface area contributed by atoms with E-state index < -0.39 is 0 Å². The number of anilines is 1. The van der Waals surface area contributed by atoms with Crippen LogP contribution in [0.1, 0.15) is 12.1 Å². The van der Waals surface area contributed by atoms with Crippen molar-refractivity contribution in [3.8, 4) is 0 Å². The molecule has 2 N–H and O–H groups in total. The molecule has 9 nitrogen and oxygen atoms in total. The summed E-state index contributed by atoms with van der Waals surface area (Å²) in [6.07, 6.45) is 2.70. The van der Waals surface area contributed by atoms with Crippen LogP contribution in [0.5, 0.6) is 0 Å².